The minimum Gasteiger partial charge on any atom is -0.356 e. The maximum atomic E-state index is 11.9. The second-order valence-electron chi connectivity index (χ2n) is 5.70. The first-order valence-electron chi connectivity index (χ1n) is 8.89. The van der Waals surface area contributed by atoms with Crippen molar-refractivity contribution in [1.82, 2.24) is 30.7 Å². The van der Waals surface area contributed by atoms with Crippen molar-refractivity contribution in [3.05, 3.63) is 48.0 Å². The number of aliphatic imine (C=N–C) groups is 1. The van der Waals surface area contributed by atoms with Gasteiger partial charge in [-0.25, -0.2) is 0 Å². The van der Waals surface area contributed by atoms with E-state index in [-0.39, 0.29) is 5.91 Å². The first-order valence-corrected chi connectivity index (χ1v) is 8.89. The highest BCUT2D eigenvalue weighted by Crippen LogP contribution is 1.97. The van der Waals surface area contributed by atoms with Crippen molar-refractivity contribution in [1.29, 1.82) is 0 Å². The van der Waals surface area contributed by atoms with Gasteiger partial charge < -0.3 is 20.5 Å². The van der Waals surface area contributed by atoms with Crippen LogP contribution in [-0.2, 0) is 13.0 Å². The Balaban J connectivity index is 1.59. The van der Waals surface area contributed by atoms with Crippen LogP contribution >= 0.6 is 0 Å². The van der Waals surface area contributed by atoms with Crippen LogP contribution in [0.1, 0.15) is 29.5 Å². The van der Waals surface area contributed by atoms with E-state index in [0.29, 0.717) is 12.1 Å². The van der Waals surface area contributed by atoms with E-state index in [0.717, 1.165) is 44.3 Å². The van der Waals surface area contributed by atoms with Gasteiger partial charge in [0.05, 0.1) is 0 Å². The third-order valence-corrected chi connectivity index (χ3v) is 3.85. The molecule has 140 valence electrons. The molecule has 1 amide bonds. The van der Waals surface area contributed by atoms with Crippen LogP contribution in [0, 0.1) is 0 Å². The summed E-state index contributed by atoms with van der Waals surface area (Å²) < 4.78 is 2.03. The zero-order valence-corrected chi connectivity index (χ0v) is 15.4. The molecular formula is C18H27N7O. The Morgan fingerprint density at radius 2 is 1.85 bits per heavy atom. The highest BCUT2D eigenvalue weighted by Gasteiger charge is 2.04. The van der Waals surface area contributed by atoms with Gasteiger partial charge in [-0.15, -0.1) is 10.2 Å². The van der Waals surface area contributed by atoms with Crippen molar-refractivity contribution in [3.8, 4) is 0 Å². The molecule has 1 aromatic carbocycles. The lowest BCUT2D eigenvalue weighted by Crippen LogP contribution is -2.40. The molecule has 26 heavy (non-hydrogen) atoms. The van der Waals surface area contributed by atoms with Crippen LogP contribution in [0.3, 0.4) is 0 Å². The maximum absolute atomic E-state index is 11.9. The summed E-state index contributed by atoms with van der Waals surface area (Å²) in [5.41, 5.74) is 0.679. The van der Waals surface area contributed by atoms with E-state index in [2.05, 4.69) is 38.1 Å². The van der Waals surface area contributed by atoms with Gasteiger partial charge in [-0.3, -0.25) is 9.79 Å². The Kier molecular flexibility index (Phi) is 8.11. The summed E-state index contributed by atoms with van der Waals surface area (Å²) in [4.78, 5) is 16.1. The van der Waals surface area contributed by atoms with Crippen LogP contribution in [-0.4, -0.2) is 53.3 Å². The Bertz CT molecular complexity index is 697. The average Bonchev–Trinajstić information content (AvgIpc) is 3.14. The van der Waals surface area contributed by atoms with E-state index < -0.39 is 0 Å². The Hall–Kier alpha value is -2.90. The predicted molar refractivity (Wildman–Crippen MR) is 102 cm³/mol. The van der Waals surface area contributed by atoms with Crippen LogP contribution in [0.5, 0.6) is 0 Å². The van der Waals surface area contributed by atoms with E-state index in [1.54, 1.807) is 25.5 Å². The summed E-state index contributed by atoms with van der Waals surface area (Å²) in [7, 11) is 1.74. The lowest BCUT2D eigenvalue weighted by Gasteiger charge is -2.13. The minimum atomic E-state index is -0.0474. The molecule has 0 saturated heterocycles. The summed E-state index contributed by atoms with van der Waals surface area (Å²) >= 11 is 0. The summed E-state index contributed by atoms with van der Waals surface area (Å²) in [5.74, 6) is 1.67. The lowest BCUT2D eigenvalue weighted by molar-refractivity contribution is 0.0953. The van der Waals surface area contributed by atoms with E-state index >= 15 is 0 Å². The molecule has 1 heterocycles. The smallest absolute Gasteiger partial charge is 0.251 e. The first kappa shape index (κ1) is 19.4. The summed E-state index contributed by atoms with van der Waals surface area (Å²) in [5, 5.41) is 17.4. The number of amides is 1. The van der Waals surface area contributed by atoms with Crippen molar-refractivity contribution in [2.75, 3.05) is 26.7 Å². The summed E-state index contributed by atoms with van der Waals surface area (Å²) in [6, 6.07) is 9.22. The number of nitrogens with one attached hydrogen (secondary N) is 3. The summed E-state index contributed by atoms with van der Waals surface area (Å²) in [6.07, 6.45) is 3.42. The topological polar surface area (TPSA) is 96.2 Å². The van der Waals surface area contributed by atoms with Crippen molar-refractivity contribution in [2.24, 2.45) is 4.99 Å². The van der Waals surface area contributed by atoms with Crippen LogP contribution < -0.4 is 16.0 Å². The van der Waals surface area contributed by atoms with Gasteiger partial charge in [0.15, 0.2) is 5.96 Å². The van der Waals surface area contributed by atoms with Crippen LogP contribution in [0.4, 0.5) is 0 Å². The van der Waals surface area contributed by atoms with Gasteiger partial charge in [0, 0.05) is 45.2 Å². The van der Waals surface area contributed by atoms with Crippen LogP contribution in [0.15, 0.2) is 41.7 Å². The largest absolute Gasteiger partial charge is 0.356 e. The molecule has 0 bridgehead atoms. The second-order valence-corrected chi connectivity index (χ2v) is 5.70. The van der Waals surface area contributed by atoms with Crippen molar-refractivity contribution >= 4 is 11.9 Å². The first-order chi connectivity index (χ1) is 12.7. The number of aryl methyl sites for hydroxylation is 1. The number of carbonyl (C=O) groups is 1. The third-order valence-electron chi connectivity index (χ3n) is 3.85. The fourth-order valence-electron chi connectivity index (χ4n) is 2.44. The maximum Gasteiger partial charge on any atom is 0.251 e. The van der Waals surface area contributed by atoms with Gasteiger partial charge in [0.2, 0.25) is 0 Å². The van der Waals surface area contributed by atoms with Crippen LogP contribution in [0.2, 0.25) is 0 Å². The molecule has 3 N–H and O–H groups in total. The molecule has 0 fully saturated rings. The Labute approximate surface area is 154 Å². The molecule has 0 unspecified atom stereocenters. The zero-order chi connectivity index (χ0) is 18.6. The van der Waals surface area contributed by atoms with Gasteiger partial charge >= 0.3 is 0 Å². The van der Waals surface area contributed by atoms with Gasteiger partial charge in [-0.05, 0) is 18.6 Å². The molecule has 0 saturated carbocycles. The Morgan fingerprint density at radius 3 is 2.58 bits per heavy atom. The molecule has 1 aromatic heterocycles. The Morgan fingerprint density at radius 1 is 1.12 bits per heavy atom. The van der Waals surface area contributed by atoms with E-state index in [4.69, 9.17) is 0 Å². The van der Waals surface area contributed by atoms with E-state index in [1.807, 2.05) is 22.8 Å². The molecule has 8 heteroatoms. The van der Waals surface area contributed by atoms with E-state index in [9.17, 15) is 4.79 Å². The number of benzene rings is 1. The molecule has 0 aliphatic carbocycles. The van der Waals surface area contributed by atoms with Crippen LogP contribution in [0.25, 0.3) is 0 Å². The average molecular weight is 357 g/mol. The number of rotatable bonds is 9. The standard InChI is InChI=1S/C18H27N7O/c1-3-16-24-23-14-25(16)13-12-22-18(19-2)21-11-7-10-20-17(26)15-8-5-4-6-9-15/h4-6,8-9,14H,3,7,10-13H2,1-2H3,(H,20,26)(H2,19,21,22). The van der Waals surface area contributed by atoms with Crippen molar-refractivity contribution in [3.63, 3.8) is 0 Å². The fraction of sp³-hybridized carbons (Fsp3) is 0.444. The zero-order valence-electron chi connectivity index (χ0n) is 15.4. The minimum absolute atomic E-state index is 0.0474. The fourth-order valence-corrected chi connectivity index (χ4v) is 2.44. The highest BCUT2D eigenvalue weighted by atomic mass is 16.1. The van der Waals surface area contributed by atoms with Crippen molar-refractivity contribution < 1.29 is 4.79 Å². The number of nitrogens with zero attached hydrogens (tertiary/aromatic N) is 4. The molecule has 0 radical (unpaired) electrons. The van der Waals surface area contributed by atoms with Gasteiger partial charge in [-0.1, -0.05) is 25.1 Å². The molecule has 8 nitrogen and oxygen atoms in total. The number of aromatic nitrogens is 3. The SMILES string of the molecule is CCc1nncn1CCNC(=NC)NCCCNC(=O)c1ccccc1. The number of hydrogen-bond acceptors (Lipinski definition) is 4. The van der Waals surface area contributed by atoms with Gasteiger partial charge in [0.25, 0.3) is 5.91 Å². The summed E-state index contributed by atoms with van der Waals surface area (Å²) in [6.45, 7) is 4.91. The molecule has 0 atom stereocenters. The predicted octanol–water partition coefficient (Wildman–Crippen LogP) is 0.826. The number of hydrogen-bond donors (Lipinski definition) is 3. The van der Waals surface area contributed by atoms with Gasteiger partial charge in [0.1, 0.15) is 12.2 Å². The van der Waals surface area contributed by atoms with Gasteiger partial charge in [-0.2, -0.15) is 0 Å². The quantitative estimate of drug-likeness (QED) is 0.351. The molecular weight excluding hydrogens is 330 g/mol. The molecule has 0 spiro atoms. The molecule has 0 aliphatic rings. The molecule has 0 aliphatic heterocycles. The number of guanidine groups is 1. The second kappa shape index (κ2) is 10.9. The number of carbonyl (C=O) groups excluding carboxylic acids is 1. The monoisotopic (exact) mass is 357 g/mol. The third kappa shape index (κ3) is 6.19. The molecule has 2 rings (SSSR count). The highest BCUT2D eigenvalue weighted by molar-refractivity contribution is 5.94. The van der Waals surface area contributed by atoms with Crippen molar-refractivity contribution in [2.45, 2.75) is 26.3 Å². The normalized spacial score (nSPS) is 11.2. The van der Waals surface area contributed by atoms with E-state index in [1.165, 1.54) is 0 Å². The lowest BCUT2D eigenvalue weighted by atomic mass is 10.2. The molecule has 2 aromatic rings.